The normalized spacial score (nSPS) is 11.6. The van der Waals surface area contributed by atoms with Gasteiger partial charge in [0.1, 0.15) is 5.52 Å². The van der Waals surface area contributed by atoms with Crippen molar-refractivity contribution in [3.05, 3.63) is 182 Å². The molecule has 5 nitrogen and oxygen atoms in total. The number of nitrogens with zero attached hydrogens (tertiary/aromatic N) is 4. The fourth-order valence-electron chi connectivity index (χ4n) is 7.52. The Hall–Kier alpha value is -7.28. The summed E-state index contributed by atoms with van der Waals surface area (Å²) in [6.07, 6.45) is 0. The molecule has 0 aliphatic carbocycles. The van der Waals surface area contributed by atoms with Gasteiger partial charge in [0.2, 0.25) is 5.89 Å². The lowest BCUT2D eigenvalue weighted by molar-refractivity contribution is 0.620. The monoisotopic (exact) mass is 734 g/mol. The summed E-state index contributed by atoms with van der Waals surface area (Å²) in [5.74, 6) is 2.47. The molecule has 0 saturated carbocycles. The Morgan fingerprint density at radius 2 is 0.929 bits per heavy atom. The molecular weight excluding hydrogens is 705 g/mol. The zero-order chi connectivity index (χ0) is 37.0. The van der Waals surface area contributed by atoms with Crippen LogP contribution >= 0.6 is 11.3 Å². The zero-order valence-corrected chi connectivity index (χ0v) is 30.7. The maximum atomic E-state index is 6.45. The van der Waals surface area contributed by atoms with E-state index in [-0.39, 0.29) is 0 Å². The largest absolute Gasteiger partial charge is 0.436 e. The topological polar surface area (TPSA) is 64.7 Å². The van der Waals surface area contributed by atoms with Crippen molar-refractivity contribution in [1.29, 1.82) is 0 Å². The fraction of sp³-hybridized carbons (Fsp3) is 0. The number of thiophene rings is 1. The summed E-state index contributed by atoms with van der Waals surface area (Å²) >= 11 is 1.74. The molecule has 11 rings (SSSR count). The number of fused-ring (bicyclic) bond motifs is 5. The van der Waals surface area contributed by atoms with Gasteiger partial charge in [-0.05, 0) is 63.4 Å². The van der Waals surface area contributed by atoms with Crippen molar-refractivity contribution in [3.63, 3.8) is 0 Å². The van der Waals surface area contributed by atoms with Gasteiger partial charge in [0, 0.05) is 42.4 Å². The minimum atomic E-state index is 0.609. The van der Waals surface area contributed by atoms with E-state index in [1.54, 1.807) is 11.3 Å². The van der Waals surface area contributed by atoms with Crippen LogP contribution in [0.1, 0.15) is 0 Å². The van der Waals surface area contributed by atoms with Crippen LogP contribution in [-0.2, 0) is 0 Å². The number of oxazole rings is 1. The van der Waals surface area contributed by atoms with Gasteiger partial charge in [-0.25, -0.2) is 19.9 Å². The molecule has 0 amide bonds. The standard InChI is InChI=1S/C50H30N4OS/c1-3-10-31(11-4-1)33-18-20-34(21-19-33)35-22-25-37(26-23-35)48-52-47(36-13-5-2-6-14-36)53-49(54-48)40-16-9-17-44-46(40)41-29-43-42(30-45(41)56-44)51-50(55-43)39-27-24-32-12-7-8-15-38(32)28-39/h1-30H. The van der Waals surface area contributed by atoms with Crippen LogP contribution in [0.3, 0.4) is 0 Å². The molecule has 6 heteroatoms. The Kier molecular flexibility index (Phi) is 7.60. The predicted molar refractivity (Wildman–Crippen MR) is 230 cm³/mol. The van der Waals surface area contributed by atoms with Gasteiger partial charge in [0.05, 0.1) is 0 Å². The van der Waals surface area contributed by atoms with E-state index >= 15 is 0 Å². The first-order chi connectivity index (χ1) is 27.7. The molecule has 0 aliphatic heterocycles. The van der Waals surface area contributed by atoms with Crippen molar-refractivity contribution in [2.45, 2.75) is 0 Å². The highest BCUT2D eigenvalue weighted by Gasteiger charge is 2.19. The fourth-order valence-corrected chi connectivity index (χ4v) is 8.67. The first-order valence-corrected chi connectivity index (χ1v) is 19.4. The Labute approximate surface area is 326 Å². The number of hydrogen-bond donors (Lipinski definition) is 0. The van der Waals surface area contributed by atoms with Crippen LogP contribution in [0.25, 0.3) is 110 Å². The van der Waals surface area contributed by atoms with Gasteiger partial charge < -0.3 is 4.42 Å². The van der Waals surface area contributed by atoms with E-state index in [0.29, 0.717) is 23.4 Å². The number of rotatable bonds is 6. The summed E-state index contributed by atoms with van der Waals surface area (Å²) in [6.45, 7) is 0. The lowest BCUT2D eigenvalue weighted by Crippen LogP contribution is -2.00. The van der Waals surface area contributed by atoms with Crippen molar-refractivity contribution >= 4 is 53.4 Å². The van der Waals surface area contributed by atoms with Crippen molar-refractivity contribution in [1.82, 2.24) is 19.9 Å². The quantitative estimate of drug-likeness (QED) is 0.170. The highest BCUT2D eigenvalue weighted by molar-refractivity contribution is 7.26. The lowest BCUT2D eigenvalue weighted by Gasteiger charge is -2.10. The molecule has 262 valence electrons. The van der Waals surface area contributed by atoms with E-state index in [0.717, 1.165) is 70.0 Å². The molecule has 8 aromatic carbocycles. The average Bonchev–Trinajstić information content (AvgIpc) is 3.86. The third kappa shape index (κ3) is 5.72. The third-order valence-electron chi connectivity index (χ3n) is 10.4. The second-order valence-electron chi connectivity index (χ2n) is 13.9. The molecule has 0 aliphatic rings. The summed E-state index contributed by atoms with van der Waals surface area (Å²) in [4.78, 5) is 20.2. The van der Waals surface area contributed by atoms with Crippen molar-refractivity contribution in [3.8, 4) is 67.9 Å². The van der Waals surface area contributed by atoms with Gasteiger partial charge in [-0.15, -0.1) is 11.3 Å². The Morgan fingerprint density at radius 1 is 0.375 bits per heavy atom. The summed E-state index contributed by atoms with van der Waals surface area (Å²) in [5, 5.41) is 4.51. The molecular formula is C50H30N4OS. The summed E-state index contributed by atoms with van der Waals surface area (Å²) < 4.78 is 8.72. The van der Waals surface area contributed by atoms with E-state index in [2.05, 4.69) is 146 Å². The predicted octanol–water partition coefficient (Wildman–Crippen LogP) is 13.5. The molecule has 11 aromatic rings. The van der Waals surface area contributed by atoms with Gasteiger partial charge in [-0.3, -0.25) is 0 Å². The van der Waals surface area contributed by atoms with Gasteiger partial charge >= 0.3 is 0 Å². The molecule has 0 unspecified atom stereocenters. The average molecular weight is 735 g/mol. The van der Waals surface area contributed by atoms with Gasteiger partial charge in [0.15, 0.2) is 23.1 Å². The van der Waals surface area contributed by atoms with Crippen LogP contribution in [0.5, 0.6) is 0 Å². The lowest BCUT2D eigenvalue weighted by atomic mass is 9.99. The smallest absolute Gasteiger partial charge is 0.227 e. The first-order valence-electron chi connectivity index (χ1n) is 18.5. The highest BCUT2D eigenvalue weighted by Crippen LogP contribution is 2.42. The molecule has 0 saturated heterocycles. The van der Waals surface area contributed by atoms with Crippen molar-refractivity contribution < 1.29 is 4.42 Å². The minimum absolute atomic E-state index is 0.609. The highest BCUT2D eigenvalue weighted by atomic mass is 32.1. The van der Waals surface area contributed by atoms with Crippen LogP contribution in [0.4, 0.5) is 0 Å². The Balaban J connectivity index is 1.00. The zero-order valence-electron chi connectivity index (χ0n) is 29.9. The SMILES string of the molecule is c1ccc(-c2ccc(-c3ccc(-c4nc(-c5ccccc5)nc(-c5cccc6sc7cc8nc(-c9ccc%10ccccc%10c9)oc8cc7c56)n4)cc3)cc2)cc1. The van der Waals surface area contributed by atoms with Crippen LogP contribution in [0.15, 0.2) is 186 Å². The maximum Gasteiger partial charge on any atom is 0.227 e. The molecule has 0 radical (unpaired) electrons. The summed E-state index contributed by atoms with van der Waals surface area (Å²) in [5.41, 5.74) is 10.00. The maximum absolute atomic E-state index is 6.45. The van der Waals surface area contributed by atoms with E-state index < -0.39 is 0 Å². The molecule has 56 heavy (non-hydrogen) atoms. The number of benzene rings is 8. The van der Waals surface area contributed by atoms with Gasteiger partial charge in [-0.2, -0.15) is 0 Å². The van der Waals surface area contributed by atoms with E-state index in [4.69, 9.17) is 24.4 Å². The first kappa shape index (κ1) is 32.2. The number of aromatic nitrogens is 4. The Morgan fingerprint density at radius 3 is 1.62 bits per heavy atom. The summed E-state index contributed by atoms with van der Waals surface area (Å²) in [7, 11) is 0. The molecule has 3 aromatic heterocycles. The van der Waals surface area contributed by atoms with E-state index in [1.165, 1.54) is 16.5 Å². The minimum Gasteiger partial charge on any atom is -0.436 e. The van der Waals surface area contributed by atoms with Crippen LogP contribution in [0, 0.1) is 0 Å². The Bertz CT molecular complexity index is 3230. The molecule has 0 spiro atoms. The van der Waals surface area contributed by atoms with E-state index in [1.807, 2.05) is 36.4 Å². The second kappa shape index (κ2) is 13.2. The van der Waals surface area contributed by atoms with Crippen LogP contribution < -0.4 is 0 Å². The summed E-state index contributed by atoms with van der Waals surface area (Å²) in [6, 6.07) is 63.0. The van der Waals surface area contributed by atoms with Crippen LogP contribution in [-0.4, -0.2) is 19.9 Å². The third-order valence-corrected chi connectivity index (χ3v) is 11.5. The van der Waals surface area contributed by atoms with Gasteiger partial charge in [-0.1, -0.05) is 152 Å². The molecule has 0 bridgehead atoms. The molecule has 0 fully saturated rings. The van der Waals surface area contributed by atoms with E-state index in [9.17, 15) is 0 Å². The second-order valence-corrected chi connectivity index (χ2v) is 15.0. The molecule has 3 heterocycles. The van der Waals surface area contributed by atoms with Crippen molar-refractivity contribution in [2.75, 3.05) is 0 Å². The molecule has 0 N–H and O–H groups in total. The number of hydrogen-bond acceptors (Lipinski definition) is 6. The van der Waals surface area contributed by atoms with Gasteiger partial charge in [0.25, 0.3) is 0 Å². The molecule has 0 atom stereocenters. The van der Waals surface area contributed by atoms with Crippen LogP contribution in [0.2, 0.25) is 0 Å². The van der Waals surface area contributed by atoms with Crippen molar-refractivity contribution in [2.24, 2.45) is 0 Å².